The van der Waals surface area contributed by atoms with Crippen molar-refractivity contribution in [1.82, 2.24) is 0 Å². The highest BCUT2D eigenvalue weighted by molar-refractivity contribution is 6.14. The van der Waals surface area contributed by atoms with Crippen LogP contribution < -0.4 is 4.90 Å². The van der Waals surface area contributed by atoms with Crippen LogP contribution in [0.2, 0.25) is 0 Å². The van der Waals surface area contributed by atoms with Gasteiger partial charge in [-0.15, -0.1) is 0 Å². The van der Waals surface area contributed by atoms with Crippen molar-refractivity contribution in [1.29, 1.82) is 0 Å². The Bertz CT molecular complexity index is 3080. The topological polar surface area (TPSA) is 16.4 Å². The Kier molecular flexibility index (Phi) is 6.33. The van der Waals surface area contributed by atoms with Gasteiger partial charge in [0.05, 0.1) is 11.1 Å². The van der Waals surface area contributed by atoms with E-state index in [2.05, 4.69) is 180 Å². The molecule has 0 unspecified atom stereocenters. The van der Waals surface area contributed by atoms with Crippen LogP contribution in [-0.4, -0.2) is 0 Å². The molecule has 0 aliphatic heterocycles. The average molecular weight is 700 g/mol. The van der Waals surface area contributed by atoms with Gasteiger partial charge in [0.2, 0.25) is 0 Å². The van der Waals surface area contributed by atoms with Crippen molar-refractivity contribution < 1.29 is 4.42 Å². The van der Waals surface area contributed by atoms with Gasteiger partial charge in [-0.05, 0) is 111 Å². The summed E-state index contributed by atoms with van der Waals surface area (Å²) in [4.78, 5) is 2.50. The van der Waals surface area contributed by atoms with Crippen LogP contribution in [0, 0.1) is 0 Å². The van der Waals surface area contributed by atoms with Crippen molar-refractivity contribution >= 4 is 50.5 Å². The largest absolute Gasteiger partial charge is 0.456 e. The predicted molar refractivity (Wildman–Crippen MR) is 225 cm³/mol. The molecular weight excluding hydrogens is 667 g/mol. The molecule has 8 aromatic rings. The lowest BCUT2D eigenvalue weighted by atomic mass is 9.69. The second-order valence-corrected chi connectivity index (χ2v) is 14.9. The average Bonchev–Trinajstić information content (AvgIpc) is 3.88. The molecule has 4 aliphatic rings. The van der Waals surface area contributed by atoms with Crippen molar-refractivity contribution in [2.75, 3.05) is 4.90 Å². The van der Waals surface area contributed by atoms with E-state index in [1.165, 1.54) is 50.2 Å². The summed E-state index contributed by atoms with van der Waals surface area (Å²) in [5.41, 5.74) is 27.3. The molecule has 0 N–H and O–H groups in total. The van der Waals surface area contributed by atoms with Gasteiger partial charge >= 0.3 is 0 Å². The van der Waals surface area contributed by atoms with Gasteiger partial charge in [0.15, 0.2) is 0 Å². The van der Waals surface area contributed by atoms with Crippen LogP contribution in [0.15, 0.2) is 197 Å². The van der Waals surface area contributed by atoms with E-state index < -0.39 is 0 Å². The molecule has 0 atom stereocenters. The maximum atomic E-state index is 6.41. The lowest BCUT2D eigenvalue weighted by Crippen LogP contribution is -2.28. The highest BCUT2D eigenvalue weighted by atomic mass is 16.3. The molecule has 0 amide bonds. The van der Waals surface area contributed by atoms with Gasteiger partial charge in [0, 0.05) is 38.9 Å². The van der Waals surface area contributed by atoms with E-state index in [9.17, 15) is 0 Å². The second-order valence-electron chi connectivity index (χ2n) is 14.9. The molecule has 4 aliphatic carbocycles. The van der Waals surface area contributed by atoms with Crippen molar-refractivity contribution in [3.05, 3.63) is 232 Å². The predicted octanol–water partition coefficient (Wildman–Crippen LogP) is 13.4. The van der Waals surface area contributed by atoms with Gasteiger partial charge in [-0.25, -0.2) is 0 Å². The molecule has 0 saturated carbocycles. The zero-order valence-corrected chi connectivity index (χ0v) is 30.0. The number of hydrogen-bond donors (Lipinski definition) is 0. The molecule has 1 spiro atoms. The van der Waals surface area contributed by atoms with Crippen molar-refractivity contribution in [3.63, 3.8) is 0 Å². The van der Waals surface area contributed by atoms with Crippen LogP contribution in [0.25, 0.3) is 50.3 Å². The van der Waals surface area contributed by atoms with Crippen LogP contribution in [0.3, 0.4) is 0 Å². The minimum absolute atomic E-state index is 0.390. The lowest BCUT2D eigenvalue weighted by Gasteiger charge is -2.36. The monoisotopic (exact) mass is 699 g/mol. The van der Waals surface area contributed by atoms with Gasteiger partial charge in [-0.1, -0.05) is 139 Å². The number of rotatable bonds is 4. The molecule has 1 aromatic heterocycles. The molecule has 0 radical (unpaired) electrons. The van der Waals surface area contributed by atoms with Gasteiger partial charge in [-0.3, -0.25) is 0 Å². The van der Waals surface area contributed by atoms with Crippen LogP contribution in [-0.2, 0) is 5.41 Å². The molecule has 256 valence electrons. The standard InChI is InChI=1S/C53H33NO/c1-2-16-35(17-3-1)54(48-27-12-7-21-41(48)42-23-14-15-34-29-32-50-52(51(34)42)43-22-8-13-28-49(43)55-50)36-30-31-40-39-20-6-11-26-46(39)53(47(40)33-36)44-24-9-4-18-37(44)38-19-5-10-25-45(38)53/h1-13,15-22,24-29,32-33H,30-31H2. The van der Waals surface area contributed by atoms with Crippen LogP contribution in [0.5, 0.6) is 0 Å². The van der Waals surface area contributed by atoms with Crippen molar-refractivity contribution in [2.24, 2.45) is 0 Å². The first kappa shape index (κ1) is 30.4. The molecule has 0 bridgehead atoms. The molecule has 55 heavy (non-hydrogen) atoms. The first-order valence-electron chi connectivity index (χ1n) is 19.1. The molecule has 0 fully saturated rings. The minimum atomic E-state index is -0.390. The molecule has 1 heterocycles. The molecule has 2 heteroatoms. The summed E-state index contributed by atoms with van der Waals surface area (Å²) in [6, 6.07) is 59.6. The number of fused-ring (bicyclic) bond motifs is 14. The first-order chi connectivity index (χ1) is 27.3. The minimum Gasteiger partial charge on any atom is -0.456 e. The SMILES string of the molecule is C1=C=C(c2ccccc2N(C2=CC3=C(CC2)c2ccccc2C32c3ccccc3-c3ccccc32)c2ccccc2)c2c(ccc3oc4ccccc4c23)C=1. The molecule has 0 saturated heterocycles. The van der Waals surface area contributed by atoms with Crippen LogP contribution in [0.1, 0.15) is 51.8 Å². The Hall–Kier alpha value is -7.08. The highest BCUT2D eigenvalue weighted by Crippen LogP contribution is 2.64. The quantitative estimate of drug-likeness (QED) is 0.170. The van der Waals surface area contributed by atoms with Crippen molar-refractivity contribution in [2.45, 2.75) is 18.3 Å². The third kappa shape index (κ3) is 4.10. The smallest absolute Gasteiger partial charge is 0.136 e. The second kappa shape index (κ2) is 11.5. The lowest BCUT2D eigenvalue weighted by molar-refractivity contribution is 0.669. The summed E-state index contributed by atoms with van der Waals surface area (Å²) in [6.45, 7) is 0. The number of para-hydroxylation sites is 3. The van der Waals surface area contributed by atoms with E-state index >= 15 is 0 Å². The maximum Gasteiger partial charge on any atom is 0.136 e. The fourth-order valence-corrected chi connectivity index (χ4v) is 10.1. The summed E-state index contributed by atoms with van der Waals surface area (Å²) in [7, 11) is 0. The van der Waals surface area contributed by atoms with E-state index in [-0.39, 0.29) is 5.41 Å². The Morgan fingerprint density at radius 2 is 1.18 bits per heavy atom. The van der Waals surface area contributed by atoms with E-state index in [1.807, 2.05) is 12.1 Å². The summed E-state index contributed by atoms with van der Waals surface area (Å²) in [5.74, 6) is 0. The zero-order chi connectivity index (χ0) is 36.1. The Morgan fingerprint density at radius 3 is 1.96 bits per heavy atom. The molecule has 12 rings (SSSR count). The molecule has 7 aromatic carbocycles. The summed E-state index contributed by atoms with van der Waals surface area (Å²) in [5, 5.41) is 2.23. The fraction of sp³-hybridized carbons (Fsp3) is 0.0566. The van der Waals surface area contributed by atoms with Crippen LogP contribution in [0.4, 0.5) is 11.4 Å². The normalized spacial score (nSPS) is 15.4. The Labute approximate surface area is 319 Å². The van der Waals surface area contributed by atoms with Gasteiger partial charge in [0.1, 0.15) is 11.2 Å². The van der Waals surface area contributed by atoms with Crippen molar-refractivity contribution in [3.8, 4) is 11.1 Å². The Balaban J connectivity index is 1.10. The maximum absolute atomic E-state index is 6.41. The van der Waals surface area contributed by atoms with E-state index in [1.54, 1.807) is 0 Å². The molecular formula is C53H33NO. The molecule has 2 nitrogen and oxygen atoms in total. The number of hydrogen-bond acceptors (Lipinski definition) is 2. The zero-order valence-electron chi connectivity index (χ0n) is 30.0. The number of benzene rings is 7. The van der Waals surface area contributed by atoms with Gasteiger partial charge < -0.3 is 9.32 Å². The van der Waals surface area contributed by atoms with E-state index in [0.29, 0.717) is 0 Å². The Morgan fingerprint density at radius 1 is 0.545 bits per heavy atom. The third-order valence-corrected chi connectivity index (χ3v) is 12.2. The number of anilines is 2. The van der Waals surface area contributed by atoms with Gasteiger partial charge in [0.25, 0.3) is 0 Å². The van der Waals surface area contributed by atoms with Gasteiger partial charge in [-0.2, -0.15) is 0 Å². The van der Waals surface area contributed by atoms with Crippen LogP contribution >= 0.6 is 0 Å². The highest BCUT2D eigenvalue weighted by Gasteiger charge is 2.52. The van der Waals surface area contributed by atoms with E-state index in [0.717, 1.165) is 68.4 Å². The first-order valence-corrected chi connectivity index (χ1v) is 19.1. The third-order valence-electron chi connectivity index (χ3n) is 12.2. The summed E-state index contributed by atoms with van der Waals surface area (Å²) in [6.07, 6.45) is 6.44. The number of allylic oxidation sites excluding steroid dienone is 4. The van der Waals surface area contributed by atoms with E-state index in [4.69, 9.17) is 4.42 Å². The fourth-order valence-electron chi connectivity index (χ4n) is 10.1. The summed E-state index contributed by atoms with van der Waals surface area (Å²) < 4.78 is 6.41. The number of nitrogens with zero attached hydrogens (tertiary/aromatic N) is 1. The number of furan rings is 1. The summed E-state index contributed by atoms with van der Waals surface area (Å²) >= 11 is 0.